The van der Waals surface area contributed by atoms with E-state index in [9.17, 15) is 13.2 Å². The molecule has 1 unspecified atom stereocenters. The molecule has 0 bridgehead atoms. The Morgan fingerprint density at radius 3 is 2.48 bits per heavy atom. The Labute approximate surface area is 153 Å². The molecule has 0 amide bonds. The van der Waals surface area contributed by atoms with Gasteiger partial charge in [-0.25, -0.2) is 8.42 Å². The second-order valence-electron chi connectivity index (χ2n) is 6.74. The zero-order valence-electron chi connectivity index (χ0n) is 14.8. The molecule has 2 heterocycles. The first-order chi connectivity index (χ1) is 11.8. The summed E-state index contributed by atoms with van der Waals surface area (Å²) in [5.41, 5.74) is 3.75. The van der Waals surface area contributed by atoms with Gasteiger partial charge in [0.2, 0.25) is 0 Å². The van der Waals surface area contributed by atoms with Crippen molar-refractivity contribution in [1.82, 2.24) is 4.57 Å². The summed E-state index contributed by atoms with van der Waals surface area (Å²) in [6.07, 6.45) is 0.629. The van der Waals surface area contributed by atoms with Crippen LogP contribution in [-0.2, 0) is 9.84 Å². The number of hydrogen-bond donors (Lipinski definition) is 0. The number of carbonyl (C=O) groups is 1. The number of ketones is 1. The van der Waals surface area contributed by atoms with Gasteiger partial charge in [-0.15, -0.1) is 11.8 Å². The molecule has 6 heteroatoms. The molecule has 0 aliphatic carbocycles. The van der Waals surface area contributed by atoms with Gasteiger partial charge in [-0.05, 0) is 45.4 Å². The van der Waals surface area contributed by atoms with E-state index < -0.39 is 9.84 Å². The fraction of sp³-hybridized carbons (Fsp3) is 0.421. The molecule has 3 rings (SSSR count). The lowest BCUT2D eigenvalue weighted by Gasteiger charge is -2.16. The number of sulfone groups is 1. The Kier molecular flexibility index (Phi) is 5.11. The van der Waals surface area contributed by atoms with Crippen molar-refractivity contribution in [3.63, 3.8) is 0 Å². The summed E-state index contributed by atoms with van der Waals surface area (Å²) in [4.78, 5) is 13.7. The van der Waals surface area contributed by atoms with E-state index in [1.807, 2.05) is 55.7 Å². The Bertz CT molecular complexity index is 895. The standard InChI is InChI=1S/C19H23NO3S2/c1-13-4-6-17(7-5-13)24-11-19(21)18-10-14(2)20(15(18)3)16-8-9-25(22,23)12-16/h4-7,10,16H,8-9,11-12H2,1-3H3. The van der Waals surface area contributed by atoms with Crippen molar-refractivity contribution in [2.75, 3.05) is 17.3 Å². The van der Waals surface area contributed by atoms with E-state index >= 15 is 0 Å². The van der Waals surface area contributed by atoms with Crippen molar-refractivity contribution in [1.29, 1.82) is 0 Å². The lowest BCUT2D eigenvalue weighted by molar-refractivity contribution is 0.102. The zero-order chi connectivity index (χ0) is 18.2. The highest BCUT2D eigenvalue weighted by molar-refractivity contribution is 8.00. The fourth-order valence-corrected chi connectivity index (χ4v) is 5.94. The third-order valence-corrected chi connectivity index (χ3v) is 7.51. The van der Waals surface area contributed by atoms with Gasteiger partial charge in [0, 0.05) is 27.9 Å². The van der Waals surface area contributed by atoms with Crippen LogP contribution in [0, 0.1) is 20.8 Å². The van der Waals surface area contributed by atoms with Crippen LogP contribution in [0.15, 0.2) is 35.2 Å². The van der Waals surface area contributed by atoms with Crippen molar-refractivity contribution in [3.8, 4) is 0 Å². The van der Waals surface area contributed by atoms with Crippen LogP contribution in [-0.4, -0.2) is 36.0 Å². The molecular weight excluding hydrogens is 354 g/mol. The molecule has 134 valence electrons. The highest BCUT2D eigenvalue weighted by atomic mass is 32.2. The molecule has 0 radical (unpaired) electrons. The van der Waals surface area contributed by atoms with Crippen molar-refractivity contribution in [2.24, 2.45) is 0 Å². The van der Waals surface area contributed by atoms with Crippen LogP contribution in [0.1, 0.15) is 39.8 Å². The molecular formula is C19H23NO3S2. The highest BCUT2D eigenvalue weighted by Crippen LogP contribution is 2.30. The number of nitrogens with zero attached hydrogens (tertiary/aromatic N) is 1. The molecule has 1 saturated heterocycles. The van der Waals surface area contributed by atoms with Crippen LogP contribution >= 0.6 is 11.8 Å². The fourth-order valence-electron chi connectivity index (χ4n) is 3.46. The average molecular weight is 378 g/mol. The topological polar surface area (TPSA) is 56.1 Å². The van der Waals surface area contributed by atoms with Gasteiger partial charge < -0.3 is 4.57 Å². The van der Waals surface area contributed by atoms with Crippen molar-refractivity contribution in [2.45, 2.75) is 38.1 Å². The summed E-state index contributed by atoms with van der Waals surface area (Å²) >= 11 is 1.53. The Hall–Kier alpha value is -1.53. The Morgan fingerprint density at radius 2 is 1.88 bits per heavy atom. The number of Topliss-reactive ketones (excluding diaryl/α,β-unsaturated/α-hetero) is 1. The monoisotopic (exact) mass is 377 g/mol. The van der Waals surface area contributed by atoms with Crippen LogP contribution in [0.5, 0.6) is 0 Å². The number of thioether (sulfide) groups is 1. The van der Waals surface area contributed by atoms with E-state index in [0.29, 0.717) is 17.7 Å². The molecule has 1 fully saturated rings. The summed E-state index contributed by atoms with van der Waals surface area (Å²) in [5.74, 6) is 0.887. The summed E-state index contributed by atoms with van der Waals surface area (Å²) in [5, 5.41) is 0. The van der Waals surface area contributed by atoms with Gasteiger partial charge in [-0.2, -0.15) is 0 Å². The lowest BCUT2D eigenvalue weighted by Crippen LogP contribution is -2.14. The van der Waals surface area contributed by atoms with Gasteiger partial charge in [0.25, 0.3) is 0 Å². The number of rotatable bonds is 5. The van der Waals surface area contributed by atoms with Gasteiger partial charge in [0.05, 0.1) is 17.3 Å². The van der Waals surface area contributed by atoms with Gasteiger partial charge in [0.15, 0.2) is 15.6 Å². The minimum absolute atomic E-state index is 0.0451. The van der Waals surface area contributed by atoms with Crippen LogP contribution in [0.25, 0.3) is 0 Å². The minimum atomic E-state index is -2.95. The van der Waals surface area contributed by atoms with Crippen LogP contribution in [0.4, 0.5) is 0 Å². The van der Waals surface area contributed by atoms with Gasteiger partial charge in [-0.1, -0.05) is 17.7 Å². The number of benzene rings is 1. The Morgan fingerprint density at radius 1 is 1.20 bits per heavy atom. The third kappa shape index (κ3) is 4.01. The first-order valence-electron chi connectivity index (χ1n) is 8.38. The molecule has 25 heavy (non-hydrogen) atoms. The van der Waals surface area contributed by atoms with E-state index in [-0.39, 0.29) is 23.3 Å². The summed E-state index contributed by atoms with van der Waals surface area (Å²) in [7, 11) is -2.95. The van der Waals surface area contributed by atoms with E-state index in [4.69, 9.17) is 0 Å². The maximum absolute atomic E-state index is 12.7. The molecule has 1 aliphatic rings. The smallest absolute Gasteiger partial charge is 0.174 e. The van der Waals surface area contributed by atoms with Crippen molar-refractivity contribution >= 4 is 27.4 Å². The van der Waals surface area contributed by atoms with E-state index in [1.165, 1.54) is 17.3 Å². The normalized spacial score (nSPS) is 19.2. The molecule has 1 aromatic carbocycles. The zero-order valence-corrected chi connectivity index (χ0v) is 16.4. The maximum atomic E-state index is 12.7. The second kappa shape index (κ2) is 7.00. The van der Waals surface area contributed by atoms with E-state index in [1.54, 1.807) is 0 Å². The van der Waals surface area contributed by atoms with Gasteiger partial charge in [-0.3, -0.25) is 4.79 Å². The van der Waals surface area contributed by atoms with E-state index in [2.05, 4.69) is 0 Å². The summed E-state index contributed by atoms with van der Waals surface area (Å²) < 4.78 is 25.6. The maximum Gasteiger partial charge on any atom is 0.174 e. The number of aryl methyl sites for hydroxylation is 2. The average Bonchev–Trinajstić information content (AvgIpc) is 3.05. The predicted octanol–water partition coefficient (Wildman–Crippen LogP) is 3.75. The third-order valence-electron chi connectivity index (χ3n) is 4.75. The first-order valence-corrected chi connectivity index (χ1v) is 11.2. The summed E-state index contributed by atoms with van der Waals surface area (Å²) in [6, 6.07) is 9.99. The summed E-state index contributed by atoms with van der Waals surface area (Å²) in [6.45, 7) is 5.90. The van der Waals surface area contributed by atoms with Crippen molar-refractivity contribution < 1.29 is 13.2 Å². The molecule has 4 nitrogen and oxygen atoms in total. The molecule has 1 aliphatic heterocycles. The molecule has 1 aromatic heterocycles. The highest BCUT2D eigenvalue weighted by Gasteiger charge is 2.31. The predicted molar refractivity (Wildman–Crippen MR) is 102 cm³/mol. The van der Waals surface area contributed by atoms with E-state index in [0.717, 1.165) is 16.3 Å². The van der Waals surface area contributed by atoms with Crippen LogP contribution in [0.3, 0.4) is 0 Å². The number of hydrogen-bond acceptors (Lipinski definition) is 4. The van der Waals surface area contributed by atoms with Gasteiger partial charge >= 0.3 is 0 Å². The largest absolute Gasteiger partial charge is 0.344 e. The first kappa shape index (κ1) is 18.3. The van der Waals surface area contributed by atoms with Gasteiger partial charge in [0.1, 0.15) is 0 Å². The SMILES string of the molecule is Cc1ccc(SCC(=O)c2cc(C)n(C3CCS(=O)(=O)C3)c2C)cc1. The lowest BCUT2D eigenvalue weighted by atomic mass is 10.2. The van der Waals surface area contributed by atoms with Crippen LogP contribution in [0.2, 0.25) is 0 Å². The molecule has 0 N–H and O–H groups in total. The van der Waals surface area contributed by atoms with Crippen molar-refractivity contribution in [3.05, 3.63) is 52.8 Å². The Balaban J connectivity index is 1.75. The number of aromatic nitrogens is 1. The molecule has 1 atom stereocenters. The second-order valence-corrected chi connectivity index (χ2v) is 10.0. The number of carbonyl (C=O) groups excluding carboxylic acids is 1. The molecule has 2 aromatic rings. The quantitative estimate of drug-likeness (QED) is 0.588. The molecule has 0 saturated carbocycles. The molecule has 0 spiro atoms. The van der Waals surface area contributed by atoms with Crippen LogP contribution < -0.4 is 0 Å². The minimum Gasteiger partial charge on any atom is -0.344 e.